The molecule has 0 saturated carbocycles. The summed E-state index contributed by atoms with van der Waals surface area (Å²) in [4.78, 5) is 19.2. The van der Waals surface area contributed by atoms with Crippen molar-refractivity contribution >= 4 is 7.75 Å². The molecule has 0 aromatic carbocycles. The first-order valence-electron chi connectivity index (χ1n) is 9.58. The molecule has 0 aliphatic rings. The molecular weight excluding hydrogens is 309 g/mol. The first-order valence-corrected chi connectivity index (χ1v) is 11.1. The van der Waals surface area contributed by atoms with E-state index in [1.54, 1.807) is 7.05 Å². The molecule has 0 aromatic heterocycles. The van der Waals surface area contributed by atoms with E-state index < -0.39 is 7.75 Å². The maximum absolute atomic E-state index is 11.8. The summed E-state index contributed by atoms with van der Waals surface area (Å²) < 4.78 is 13.1. The number of nitrogens with zero attached hydrogens (tertiary/aromatic N) is 1. The standard InChI is InChI=1S/C18H40NO3P/c1-6-10-12-16(8-3)14-18(19(5)23(20,21)22)15-17(9-4)13-11-7-2/h16-18H,6-15H2,1-5H3,(H2,20,21,22). The van der Waals surface area contributed by atoms with Crippen molar-refractivity contribution in [2.45, 2.75) is 97.9 Å². The SMILES string of the molecule is CCCCC(CC)CC(CC(CC)CCCC)N(C)P(=O)(O)O. The van der Waals surface area contributed by atoms with Crippen LogP contribution in [-0.4, -0.2) is 27.5 Å². The minimum absolute atomic E-state index is 0.0144. The zero-order chi connectivity index (χ0) is 17.9. The van der Waals surface area contributed by atoms with E-state index in [2.05, 4.69) is 27.7 Å². The molecule has 0 aliphatic carbocycles. The van der Waals surface area contributed by atoms with Gasteiger partial charge in [-0.15, -0.1) is 0 Å². The van der Waals surface area contributed by atoms with Gasteiger partial charge in [0.1, 0.15) is 0 Å². The lowest BCUT2D eigenvalue weighted by atomic mass is 9.85. The van der Waals surface area contributed by atoms with Crippen molar-refractivity contribution in [2.24, 2.45) is 11.8 Å². The smallest absolute Gasteiger partial charge is 0.312 e. The van der Waals surface area contributed by atoms with Gasteiger partial charge in [0.15, 0.2) is 0 Å². The molecule has 0 aliphatic heterocycles. The normalized spacial score (nSPS) is 16.5. The molecule has 0 amide bonds. The third-order valence-electron chi connectivity index (χ3n) is 5.24. The Morgan fingerprint density at radius 1 is 0.870 bits per heavy atom. The number of unbranched alkanes of at least 4 members (excludes halogenated alkanes) is 2. The fourth-order valence-corrected chi connectivity index (χ4v) is 3.96. The molecule has 23 heavy (non-hydrogen) atoms. The van der Waals surface area contributed by atoms with Crippen LogP contribution in [0.3, 0.4) is 0 Å². The van der Waals surface area contributed by atoms with Gasteiger partial charge in [-0.05, 0) is 31.7 Å². The van der Waals surface area contributed by atoms with E-state index in [0.717, 1.165) is 25.7 Å². The predicted molar refractivity (Wildman–Crippen MR) is 99.4 cm³/mol. The Bertz CT molecular complexity index is 314. The van der Waals surface area contributed by atoms with E-state index >= 15 is 0 Å². The zero-order valence-electron chi connectivity index (χ0n) is 16.0. The quantitative estimate of drug-likeness (QED) is 0.401. The number of rotatable bonds is 14. The van der Waals surface area contributed by atoms with Crippen molar-refractivity contribution in [1.29, 1.82) is 0 Å². The van der Waals surface area contributed by atoms with Crippen LogP contribution in [0.2, 0.25) is 0 Å². The Hall–Kier alpha value is 0.110. The molecule has 2 unspecified atom stereocenters. The first-order chi connectivity index (χ1) is 10.8. The first kappa shape index (κ1) is 23.1. The van der Waals surface area contributed by atoms with Gasteiger partial charge in [0, 0.05) is 6.04 Å². The second-order valence-electron chi connectivity index (χ2n) is 7.05. The summed E-state index contributed by atoms with van der Waals surface area (Å²) in [6.07, 6.45) is 11.1. The van der Waals surface area contributed by atoms with Crippen LogP contribution in [0, 0.1) is 11.8 Å². The van der Waals surface area contributed by atoms with Crippen LogP contribution in [0.25, 0.3) is 0 Å². The van der Waals surface area contributed by atoms with E-state index in [1.807, 2.05) is 0 Å². The molecular formula is C18H40NO3P. The Balaban J connectivity index is 4.95. The topological polar surface area (TPSA) is 60.8 Å². The highest BCUT2D eigenvalue weighted by molar-refractivity contribution is 7.49. The second-order valence-corrected chi connectivity index (χ2v) is 8.70. The van der Waals surface area contributed by atoms with Crippen molar-refractivity contribution in [2.75, 3.05) is 7.05 Å². The van der Waals surface area contributed by atoms with Crippen molar-refractivity contribution in [1.82, 2.24) is 4.67 Å². The lowest BCUT2D eigenvalue weighted by molar-refractivity contribution is 0.191. The Morgan fingerprint density at radius 2 is 1.26 bits per heavy atom. The van der Waals surface area contributed by atoms with Crippen LogP contribution >= 0.6 is 7.75 Å². The Morgan fingerprint density at radius 3 is 1.52 bits per heavy atom. The van der Waals surface area contributed by atoms with Crippen LogP contribution in [0.15, 0.2) is 0 Å². The van der Waals surface area contributed by atoms with Gasteiger partial charge in [0.05, 0.1) is 0 Å². The summed E-state index contributed by atoms with van der Waals surface area (Å²) in [5.41, 5.74) is 0. The summed E-state index contributed by atoms with van der Waals surface area (Å²) in [5.74, 6) is 1.13. The maximum Gasteiger partial charge on any atom is 0.402 e. The largest absolute Gasteiger partial charge is 0.402 e. The van der Waals surface area contributed by atoms with Gasteiger partial charge in [-0.3, -0.25) is 0 Å². The molecule has 4 nitrogen and oxygen atoms in total. The number of hydrogen-bond donors (Lipinski definition) is 2. The molecule has 0 radical (unpaired) electrons. The highest BCUT2D eigenvalue weighted by Gasteiger charge is 2.31. The Kier molecular flexibility index (Phi) is 12.5. The highest BCUT2D eigenvalue weighted by Crippen LogP contribution is 2.43. The minimum atomic E-state index is -4.16. The third kappa shape index (κ3) is 9.86. The average molecular weight is 349 g/mol. The van der Waals surface area contributed by atoms with E-state index in [1.165, 1.54) is 43.2 Å². The van der Waals surface area contributed by atoms with Crippen molar-refractivity contribution < 1.29 is 14.4 Å². The van der Waals surface area contributed by atoms with Crippen LogP contribution in [0.1, 0.15) is 91.9 Å². The average Bonchev–Trinajstić information content (AvgIpc) is 2.51. The summed E-state index contributed by atoms with van der Waals surface area (Å²) in [6, 6.07) is -0.0144. The molecule has 0 heterocycles. The lowest BCUT2D eigenvalue weighted by Gasteiger charge is -2.33. The summed E-state index contributed by atoms with van der Waals surface area (Å²) in [6.45, 7) is 8.79. The van der Waals surface area contributed by atoms with Gasteiger partial charge in [-0.1, -0.05) is 79.1 Å². The fraction of sp³-hybridized carbons (Fsp3) is 1.00. The molecule has 0 spiro atoms. The van der Waals surface area contributed by atoms with Gasteiger partial charge in [-0.25, -0.2) is 9.24 Å². The van der Waals surface area contributed by atoms with Crippen molar-refractivity contribution in [3.05, 3.63) is 0 Å². The predicted octanol–water partition coefficient (Wildman–Crippen LogP) is 5.59. The van der Waals surface area contributed by atoms with Gasteiger partial charge in [0.2, 0.25) is 0 Å². The molecule has 5 heteroatoms. The van der Waals surface area contributed by atoms with Gasteiger partial charge >= 0.3 is 7.75 Å². The zero-order valence-corrected chi connectivity index (χ0v) is 16.9. The molecule has 2 N–H and O–H groups in total. The van der Waals surface area contributed by atoms with Gasteiger partial charge in [-0.2, -0.15) is 0 Å². The minimum Gasteiger partial charge on any atom is -0.312 e. The van der Waals surface area contributed by atoms with Crippen LogP contribution < -0.4 is 0 Å². The van der Waals surface area contributed by atoms with E-state index in [4.69, 9.17) is 0 Å². The molecule has 0 bridgehead atoms. The van der Waals surface area contributed by atoms with E-state index in [-0.39, 0.29) is 6.04 Å². The monoisotopic (exact) mass is 349 g/mol. The van der Waals surface area contributed by atoms with Crippen LogP contribution in [0.4, 0.5) is 0 Å². The highest BCUT2D eigenvalue weighted by atomic mass is 31.2. The van der Waals surface area contributed by atoms with Gasteiger partial charge in [0.25, 0.3) is 0 Å². The van der Waals surface area contributed by atoms with E-state index in [9.17, 15) is 14.4 Å². The van der Waals surface area contributed by atoms with Crippen molar-refractivity contribution in [3.63, 3.8) is 0 Å². The summed E-state index contributed by atoms with van der Waals surface area (Å²) in [7, 11) is -2.56. The second kappa shape index (κ2) is 12.5. The summed E-state index contributed by atoms with van der Waals surface area (Å²) >= 11 is 0. The molecule has 0 fully saturated rings. The van der Waals surface area contributed by atoms with Crippen LogP contribution in [0.5, 0.6) is 0 Å². The molecule has 0 rings (SSSR count). The molecule has 0 saturated heterocycles. The third-order valence-corrected chi connectivity index (χ3v) is 6.39. The molecule has 140 valence electrons. The summed E-state index contributed by atoms with van der Waals surface area (Å²) in [5, 5.41) is 0. The van der Waals surface area contributed by atoms with E-state index in [0.29, 0.717) is 11.8 Å². The van der Waals surface area contributed by atoms with Crippen LogP contribution in [-0.2, 0) is 4.57 Å². The fourth-order valence-electron chi connectivity index (χ4n) is 3.35. The molecule has 2 atom stereocenters. The maximum atomic E-state index is 11.8. The molecule has 0 aromatic rings. The number of hydrogen-bond acceptors (Lipinski definition) is 1. The van der Waals surface area contributed by atoms with Gasteiger partial charge < -0.3 is 9.79 Å². The Labute approximate surface area is 144 Å². The lowest BCUT2D eigenvalue weighted by Crippen LogP contribution is -2.33. The van der Waals surface area contributed by atoms with Crippen molar-refractivity contribution in [3.8, 4) is 0 Å².